The van der Waals surface area contributed by atoms with Crippen LogP contribution in [-0.4, -0.2) is 25.9 Å². The van der Waals surface area contributed by atoms with Crippen molar-refractivity contribution in [2.45, 2.75) is 37.8 Å². The van der Waals surface area contributed by atoms with E-state index in [0.29, 0.717) is 6.10 Å². The van der Waals surface area contributed by atoms with E-state index in [-0.39, 0.29) is 6.04 Å². The van der Waals surface area contributed by atoms with Gasteiger partial charge in [-0.1, -0.05) is 18.2 Å². The first kappa shape index (κ1) is 13.3. The SMILES string of the molecule is COc1ccccc1CC(CC1CCCO1)NN. The Kier molecular flexibility index (Phi) is 4.99. The van der Waals surface area contributed by atoms with Crippen LogP contribution in [-0.2, 0) is 11.2 Å². The summed E-state index contributed by atoms with van der Waals surface area (Å²) in [7, 11) is 1.70. The predicted molar refractivity (Wildman–Crippen MR) is 71.4 cm³/mol. The summed E-state index contributed by atoms with van der Waals surface area (Å²) in [4.78, 5) is 0. The average Bonchev–Trinajstić information content (AvgIpc) is 2.91. The first-order chi connectivity index (χ1) is 8.83. The zero-order valence-electron chi connectivity index (χ0n) is 10.9. The average molecular weight is 250 g/mol. The van der Waals surface area contributed by atoms with Gasteiger partial charge in [-0.15, -0.1) is 0 Å². The molecule has 1 heterocycles. The summed E-state index contributed by atoms with van der Waals surface area (Å²) in [6, 6.07) is 8.29. The smallest absolute Gasteiger partial charge is 0.122 e. The molecule has 4 heteroatoms. The number of para-hydroxylation sites is 1. The lowest BCUT2D eigenvalue weighted by atomic mass is 9.99. The lowest BCUT2D eigenvalue weighted by molar-refractivity contribution is 0.0945. The summed E-state index contributed by atoms with van der Waals surface area (Å²) >= 11 is 0. The van der Waals surface area contributed by atoms with Gasteiger partial charge in [-0.2, -0.15) is 0 Å². The normalized spacial score (nSPS) is 20.9. The van der Waals surface area contributed by atoms with E-state index in [9.17, 15) is 0 Å². The Morgan fingerprint density at radius 1 is 1.50 bits per heavy atom. The van der Waals surface area contributed by atoms with E-state index in [1.807, 2.05) is 18.2 Å². The van der Waals surface area contributed by atoms with E-state index in [2.05, 4.69) is 11.5 Å². The molecule has 100 valence electrons. The lowest BCUT2D eigenvalue weighted by Crippen LogP contribution is -2.39. The van der Waals surface area contributed by atoms with Crippen LogP contribution < -0.4 is 16.0 Å². The van der Waals surface area contributed by atoms with Gasteiger partial charge >= 0.3 is 0 Å². The number of hydrazine groups is 1. The Morgan fingerprint density at radius 2 is 2.33 bits per heavy atom. The van der Waals surface area contributed by atoms with Crippen LogP contribution in [0.5, 0.6) is 5.75 Å². The van der Waals surface area contributed by atoms with Crippen molar-refractivity contribution in [1.82, 2.24) is 5.43 Å². The Balaban J connectivity index is 1.96. The first-order valence-electron chi connectivity index (χ1n) is 6.53. The van der Waals surface area contributed by atoms with Gasteiger partial charge in [0.1, 0.15) is 5.75 Å². The van der Waals surface area contributed by atoms with Crippen LogP contribution in [0.2, 0.25) is 0 Å². The Hall–Kier alpha value is -1.10. The summed E-state index contributed by atoms with van der Waals surface area (Å²) in [5.41, 5.74) is 4.07. The van der Waals surface area contributed by atoms with Crippen molar-refractivity contribution in [3.8, 4) is 5.75 Å². The second kappa shape index (κ2) is 6.73. The summed E-state index contributed by atoms with van der Waals surface area (Å²) in [6.07, 6.45) is 4.47. The third-order valence-corrected chi connectivity index (χ3v) is 3.47. The maximum Gasteiger partial charge on any atom is 0.122 e. The van der Waals surface area contributed by atoms with Gasteiger partial charge in [0.25, 0.3) is 0 Å². The Bertz CT molecular complexity index is 365. The van der Waals surface area contributed by atoms with Gasteiger partial charge < -0.3 is 9.47 Å². The van der Waals surface area contributed by atoms with Crippen LogP contribution in [0.25, 0.3) is 0 Å². The van der Waals surface area contributed by atoms with Crippen LogP contribution in [0.4, 0.5) is 0 Å². The van der Waals surface area contributed by atoms with Crippen molar-refractivity contribution in [1.29, 1.82) is 0 Å². The van der Waals surface area contributed by atoms with Gasteiger partial charge in [0.05, 0.1) is 13.2 Å². The molecule has 1 fully saturated rings. The number of nitrogens with two attached hydrogens (primary N) is 1. The Labute approximate surface area is 108 Å². The fourth-order valence-electron chi connectivity index (χ4n) is 2.49. The van der Waals surface area contributed by atoms with Crippen molar-refractivity contribution < 1.29 is 9.47 Å². The number of benzene rings is 1. The number of rotatable bonds is 6. The highest BCUT2D eigenvalue weighted by molar-refractivity contribution is 5.33. The number of nitrogens with one attached hydrogen (secondary N) is 1. The van der Waals surface area contributed by atoms with Crippen LogP contribution >= 0.6 is 0 Å². The second-order valence-electron chi connectivity index (χ2n) is 4.75. The molecular formula is C14H22N2O2. The fraction of sp³-hybridized carbons (Fsp3) is 0.571. The molecule has 0 bridgehead atoms. The summed E-state index contributed by atoms with van der Waals surface area (Å²) < 4.78 is 11.0. The van der Waals surface area contributed by atoms with Crippen LogP contribution in [0.1, 0.15) is 24.8 Å². The Morgan fingerprint density at radius 3 is 3.00 bits per heavy atom. The van der Waals surface area contributed by atoms with Gasteiger partial charge in [-0.3, -0.25) is 11.3 Å². The number of ether oxygens (including phenoxy) is 2. The minimum Gasteiger partial charge on any atom is -0.496 e. The third-order valence-electron chi connectivity index (χ3n) is 3.47. The molecule has 2 rings (SSSR count). The topological polar surface area (TPSA) is 56.5 Å². The van der Waals surface area contributed by atoms with Gasteiger partial charge in [-0.25, -0.2) is 0 Å². The summed E-state index contributed by atoms with van der Waals surface area (Å²) in [5, 5.41) is 0. The minimum absolute atomic E-state index is 0.226. The zero-order chi connectivity index (χ0) is 12.8. The number of hydrogen-bond donors (Lipinski definition) is 2. The molecule has 0 amide bonds. The van der Waals surface area contributed by atoms with Gasteiger partial charge in [0.2, 0.25) is 0 Å². The van der Waals surface area contributed by atoms with Crippen molar-refractivity contribution in [2.75, 3.05) is 13.7 Å². The van der Waals surface area contributed by atoms with E-state index in [1.165, 1.54) is 5.56 Å². The molecule has 1 aliphatic rings. The van der Waals surface area contributed by atoms with E-state index in [0.717, 1.165) is 38.0 Å². The highest BCUT2D eigenvalue weighted by Crippen LogP contribution is 2.22. The van der Waals surface area contributed by atoms with Gasteiger partial charge in [-0.05, 0) is 37.3 Å². The van der Waals surface area contributed by atoms with Crippen molar-refractivity contribution in [3.05, 3.63) is 29.8 Å². The molecule has 1 aromatic rings. The lowest BCUT2D eigenvalue weighted by Gasteiger charge is -2.20. The summed E-state index contributed by atoms with van der Waals surface area (Å²) in [6.45, 7) is 0.886. The molecule has 4 nitrogen and oxygen atoms in total. The largest absolute Gasteiger partial charge is 0.496 e. The van der Waals surface area contributed by atoms with Crippen molar-refractivity contribution >= 4 is 0 Å². The van der Waals surface area contributed by atoms with E-state index < -0.39 is 0 Å². The molecule has 0 saturated carbocycles. The fourth-order valence-corrected chi connectivity index (χ4v) is 2.49. The van der Waals surface area contributed by atoms with Crippen LogP contribution in [0.15, 0.2) is 24.3 Å². The van der Waals surface area contributed by atoms with Crippen molar-refractivity contribution in [3.63, 3.8) is 0 Å². The first-order valence-corrected chi connectivity index (χ1v) is 6.53. The highest BCUT2D eigenvalue weighted by Gasteiger charge is 2.21. The molecule has 0 spiro atoms. The standard InChI is InChI=1S/C14H22N2O2/c1-17-14-7-3-2-5-11(14)9-12(16-15)10-13-6-4-8-18-13/h2-3,5,7,12-13,16H,4,6,8-10,15H2,1H3. The molecule has 2 atom stereocenters. The van der Waals surface area contributed by atoms with Gasteiger partial charge in [0.15, 0.2) is 0 Å². The number of methoxy groups -OCH3 is 1. The monoisotopic (exact) mass is 250 g/mol. The quantitative estimate of drug-likeness (QED) is 0.595. The molecular weight excluding hydrogens is 228 g/mol. The molecule has 1 aromatic carbocycles. The molecule has 1 aliphatic heterocycles. The van der Waals surface area contributed by atoms with Crippen LogP contribution in [0.3, 0.4) is 0 Å². The third kappa shape index (κ3) is 3.45. The number of hydrogen-bond acceptors (Lipinski definition) is 4. The maximum absolute atomic E-state index is 5.65. The molecule has 0 aliphatic carbocycles. The second-order valence-corrected chi connectivity index (χ2v) is 4.75. The molecule has 18 heavy (non-hydrogen) atoms. The minimum atomic E-state index is 0.226. The maximum atomic E-state index is 5.65. The predicted octanol–water partition coefficient (Wildman–Crippen LogP) is 1.64. The van der Waals surface area contributed by atoms with Crippen molar-refractivity contribution in [2.24, 2.45) is 5.84 Å². The van der Waals surface area contributed by atoms with E-state index in [1.54, 1.807) is 7.11 Å². The van der Waals surface area contributed by atoms with E-state index >= 15 is 0 Å². The molecule has 2 unspecified atom stereocenters. The van der Waals surface area contributed by atoms with E-state index in [4.69, 9.17) is 15.3 Å². The molecule has 0 radical (unpaired) electrons. The molecule has 1 saturated heterocycles. The highest BCUT2D eigenvalue weighted by atomic mass is 16.5. The van der Waals surface area contributed by atoms with Gasteiger partial charge in [0, 0.05) is 12.6 Å². The molecule has 3 N–H and O–H groups in total. The zero-order valence-corrected chi connectivity index (χ0v) is 10.9. The van der Waals surface area contributed by atoms with Crippen LogP contribution in [0, 0.1) is 0 Å². The summed E-state index contributed by atoms with van der Waals surface area (Å²) in [5.74, 6) is 6.57. The molecule has 0 aromatic heterocycles.